The molecular formula is C16H24N4O3S. The maximum Gasteiger partial charge on any atom is 0.241 e. The first-order valence-corrected chi connectivity index (χ1v) is 9.93. The number of nitrogens with zero attached hydrogens (tertiary/aromatic N) is 2. The Morgan fingerprint density at radius 1 is 1.25 bits per heavy atom. The maximum atomic E-state index is 12.4. The van der Waals surface area contributed by atoms with Gasteiger partial charge < -0.3 is 10.2 Å². The van der Waals surface area contributed by atoms with E-state index in [0.717, 1.165) is 38.6 Å². The molecule has 1 aromatic heterocycles. The minimum absolute atomic E-state index is 0.139. The molecule has 2 fully saturated rings. The van der Waals surface area contributed by atoms with Crippen LogP contribution in [0.1, 0.15) is 32.1 Å². The van der Waals surface area contributed by atoms with Gasteiger partial charge in [-0.3, -0.25) is 4.79 Å². The summed E-state index contributed by atoms with van der Waals surface area (Å²) in [5, 5.41) is 3.29. The SMILES string of the molecule is CNS(=O)(=O)c1ccc(NC2CCN(C(=O)C3CCCC3)C2)nc1. The molecule has 1 atom stereocenters. The summed E-state index contributed by atoms with van der Waals surface area (Å²) in [7, 11) is -2.09. The van der Waals surface area contributed by atoms with Crippen molar-refractivity contribution in [3.8, 4) is 0 Å². The second-order valence-corrected chi connectivity index (χ2v) is 8.37. The average molecular weight is 352 g/mol. The van der Waals surface area contributed by atoms with Crippen LogP contribution < -0.4 is 10.0 Å². The topological polar surface area (TPSA) is 91.4 Å². The number of pyridine rings is 1. The highest BCUT2D eigenvalue weighted by Crippen LogP contribution is 2.28. The van der Waals surface area contributed by atoms with Crippen LogP contribution in [-0.4, -0.2) is 50.4 Å². The van der Waals surface area contributed by atoms with Crippen molar-refractivity contribution in [2.75, 3.05) is 25.5 Å². The van der Waals surface area contributed by atoms with Crippen molar-refractivity contribution >= 4 is 21.7 Å². The molecule has 1 amide bonds. The number of hydrogen-bond acceptors (Lipinski definition) is 5. The van der Waals surface area contributed by atoms with Crippen LogP contribution >= 0.6 is 0 Å². The molecule has 1 aromatic rings. The summed E-state index contributed by atoms with van der Waals surface area (Å²) in [6.45, 7) is 1.47. The maximum absolute atomic E-state index is 12.4. The first-order valence-electron chi connectivity index (χ1n) is 8.44. The number of sulfonamides is 1. The third-order valence-electron chi connectivity index (χ3n) is 4.87. The lowest BCUT2D eigenvalue weighted by atomic mass is 10.1. The van der Waals surface area contributed by atoms with E-state index in [-0.39, 0.29) is 16.9 Å². The Morgan fingerprint density at radius 3 is 2.62 bits per heavy atom. The summed E-state index contributed by atoms with van der Waals surface area (Å²) in [5.74, 6) is 1.14. The van der Waals surface area contributed by atoms with Gasteiger partial charge in [-0.25, -0.2) is 18.1 Å². The highest BCUT2D eigenvalue weighted by atomic mass is 32.2. The summed E-state index contributed by atoms with van der Waals surface area (Å²) in [4.78, 5) is 18.7. The van der Waals surface area contributed by atoms with Gasteiger partial charge in [0.2, 0.25) is 15.9 Å². The largest absolute Gasteiger partial charge is 0.365 e. The van der Waals surface area contributed by atoms with Crippen LogP contribution in [0, 0.1) is 5.92 Å². The minimum Gasteiger partial charge on any atom is -0.365 e. The first kappa shape index (κ1) is 17.2. The fourth-order valence-electron chi connectivity index (χ4n) is 3.46. The number of amides is 1. The number of carbonyl (C=O) groups is 1. The second-order valence-electron chi connectivity index (χ2n) is 6.48. The monoisotopic (exact) mass is 352 g/mol. The predicted molar refractivity (Wildman–Crippen MR) is 91.0 cm³/mol. The van der Waals surface area contributed by atoms with Crippen LogP contribution in [0.4, 0.5) is 5.82 Å². The van der Waals surface area contributed by atoms with Gasteiger partial charge in [-0.05, 0) is 38.4 Å². The molecule has 8 heteroatoms. The lowest BCUT2D eigenvalue weighted by Crippen LogP contribution is -2.35. The standard InChI is InChI=1S/C16H24N4O3S/c1-17-24(22,23)14-6-7-15(18-10-14)19-13-8-9-20(11-13)16(21)12-4-2-3-5-12/h6-7,10,12-13,17H,2-5,8-9,11H2,1H3,(H,18,19). The predicted octanol–water partition coefficient (Wildman–Crippen LogP) is 1.19. The van der Waals surface area contributed by atoms with Crippen molar-refractivity contribution in [2.24, 2.45) is 5.92 Å². The normalized spacial score (nSPS) is 22.0. The Bertz CT molecular complexity index is 684. The zero-order valence-electron chi connectivity index (χ0n) is 13.9. The van der Waals surface area contributed by atoms with Gasteiger partial charge in [-0.2, -0.15) is 0 Å². The van der Waals surface area contributed by atoms with Gasteiger partial charge in [0.1, 0.15) is 10.7 Å². The molecular weight excluding hydrogens is 328 g/mol. The fourth-order valence-corrected chi connectivity index (χ4v) is 4.14. The van der Waals surface area contributed by atoms with Crippen LogP contribution in [0.5, 0.6) is 0 Å². The van der Waals surface area contributed by atoms with E-state index >= 15 is 0 Å². The zero-order valence-corrected chi connectivity index (χ0v) is 14.7. The zero-order chi connectivity index (χ0) is 17.2. The van der Waals surface area contributed by atoms with Crippen molar-refractivity contribution in [2.45, 2.75) is 43.0 Å². The van der Waals surface area contributed by atoms with Gasteiger partial charge in [-0.15, -0.1) is 0 Å². The number of likely N-dealkylation sites (tertiary alicyclic amines) is 1. The third kappa shape index (κ3) is 3.70. The molecule has 1 aliphatic carbocycles. The highest BCUT2D eigenvalue weighted by molar-refractivity contribution is 7.89. The van der Waals surface area contributed by atoms with Crippen LogP contribution in [0.15, 0.2) is 23.2 Å². The van der Waals surface area contributed by atoms with E-state index < -0.39 is 10.0 Å². The molecule has 2 aliphatic rings. The number of aromatic nitrogens is 1. The molecule has 0 spiro atoms. The Labute approximate surface area is 142 Å². The van der Waals surface area contributed by atoms with E-state index in [1.165, 1.54) is 19.3 Å². The molecule has 0 radical (unpaired) electrons. The van der Waals surface area contributed by atoms with E-state index in [1.54, 1.807) is 6.07 Å². The van der Waals surface area contributed by atoms with E-state index in [9.17, 15) is 13.2 Å². The Balaban J connectivity index is 1.56. The molecule has 1 unspecified atom stereocenters. The molecule has 1 aliphatic heterocycles. The Kier molecular flexibility index (Phi) is 5.05. The van der Waals surface area contributed by atoms with Crippen molar-refractivity contribution in [1.29, 1.82) is 0 Å². The third-order valence-corrected chi connectivity index (χ3v) is 6.27. The van der Waals surface area contributed by atoms with Crippen LogP contribution in [-0.2, 0) is 14.8 Å². The molecule has 24 heavy (non-hydrogen) atoms. The molecule has 3 rings (SSSR count). The Hall–Kier alpha value is -1.67. The van der Waals surface area contributed by atoms with Crippen molar-refractivity contribution < 1.29 is 13.2 Å². The number of carbonyl (C=O) groups excluding carboxylic acids is 1. The van der Waals surface area contributed by atoms with Gasteiger partial charge in [0.05, 0.1) is 0 Å². The second kappa shape index (κ2) is 7.06. The summed E-state index contributed by atoms with van der Waals surface area (Å²) in [6.07, 6.45) is 6.60. The van der Waals surface area contributed by atoms with E-state index in [0.29, 0.717) is 18.3 Å². The van der Waals surface area contributed by atoms with Crippen molar-refractivity contribution in [3.05, 3.63) is 18.3 Å². The highest BCUT2D eigenvalue weighted by Gasteiger charge is 2.32. The van der Waals surface area contributed by atoms with Gasteiger partial charge in [0, 0.05) is 31.2 Å². The molecule has 1 saturated heterocycles. The fraction of sp³-hybridized carbons (Fsp3) is 0.625. The molecule has 7 nitrogen and oxygen atoms in total. The summed E-state index contributed by atoms with van der Waals surface area (Å²) >= 11 is 0. The summed E-state index contributed by atoms with van der Waals surface area (Å²) < 4.78 is 25.6. The minimum atomic E-state index is -3.46. The lowest BCUT2D eigenvalue weighted by Gasteiger charge is -2.20. The van der Waals surface area contributed by atoms with E-state index in [1.807, 2.05) is 4.90 Å². The van der Waals surface area contributed by atoms with E-state index in [2.05, 4.69) is 15.0 Å². The van der Waals surface area contributed by atoms with Gasteiger partial charge >= 0.3 is 0 Å². The van der Waals surface area contributed by atoms with E-state index in [4.69, 9.17) is 0 Å². The van der Waals surface area contributed by atoms with Crippen LogP contribution in [0.25, 0.3) is 0 Å². The summed E-state index contributed by atoms with van der Waals surface area (Å²) in [6, 6.07) is 3.35. The quantitative estimate of drug-likeness (QED) is 0.831. The number of rotatable bonds is 5. The number of anilines is 1. The summed E-state index contributed by atoms with van der Waals surface area (Å²) in [5.41, 5.74) is 0. The average Bonchev–Trinajstić information content (AvgIpc) is 3.26. The molecule has 1 saturated carbocycles. The van der Waals surface area contributed by atoms with Crippen LogP contribution in [0.3, 0.4) is 0 Å². The lowest BCUT2D eigenvalue weighted by molar-refractivity contribution is -0.134. The van der Waals surface area contributed by atoms with Crippen molar-refractivity contribution in [1.82, 2.24) is 14.6 Å². The molecule has 2 N–H and O–H groups in total. The van der Waals surface area contributed by atoms with Gasteiger partial charge in [-0.1, -0.05) is 12.8 Å². The van der Waals surface area contributed by atoms with Crippen molar-refractivity contribution in [3.63, 3.8) is 0 Å². The van der Waals surface area contributed by atoms with Gasteiger partial charge in [0.15, 0.2) is 0 Å². The Morgan fingerprint density at radius 2 is 2.00 bits per heavy atom. The van der Waals surface area contributed by atoms with Gasteiger partial charge in [0.25, 0.3) is 0 Å². The molecule has 0 bridgehead atoms. The molecule has 0 aromatic carbocycles. The molecule has 132 valence electrons. The molecule has 2 heterocycles. The number of nitrogens with one attached hydrogen (secondary N) is 2. The smallest absolute Gasteiger partial charge is 0.241 e. The first-order chi connectivity index (χ1) is 11.5. The number of hydrogen-bond donors (Lipinski definition) is 2. The van der Waals surface area contributed by atoms with Crippen LogP contribution in [0.2, 0.25) is 0 Å².